The molecule has 0 bridgehead atoms. The molecule has 1 aromatic rings. The Morgan fingerprint density at radius 1 is 0.833 bits per heavy atom. The third-order valence-electron chi connectivity index (χ3n) is 4.11. The van der Waals surface area contributed by atoms with E-state index in [1.165, 1.54) is 18.7 Å². The van der Waals surface area contributed by atoms with Crippen LogP contribution in [0.3, 0.4) is 0 Å². The number of carbonyl (C=O) groups is 4. The second-order valence-corrected chi connectivity index (χ2v) is 7.77. The largest absolute Gasteiger partial charge is 0.467 e. The van der Waals surface area contributed by atoms with Crippen LogP contribution in [-0.2, 0) is 42.9 Å². The third-order valence-corrected chi connectivity index (χ3v) is 5.26. The first-order chi connectivity index (χ1) is 14.1. The van der Waals surface area contributed by atoms with Crippen molar-refractivity contribution in [1.29, 1.82) is 0 Å². The topological polar surface area (TPSA) is 114 Å². The van der Waals surface area contributed by atoms with E-state index in [-0.39, 0.29) is 0 Å². The number of thioether (sulfide) groups is 1. The minimum Gasteiger partial charge on any atom is -0.467 e. The van der Waals surface area contributed by atoms with Gasteiger partial charge in [-0.25, -0.2) is 4.79 Å². The minimum absolute atomic E-state index is 0.659. The van der Waals surface area contributed by atoms with Crippen molar-refractivity contribution in [1.82, 2.24) is 0 Å². The molecule has 30 heavy (non-hydrogen) atoms. The van der Waals surface area contributed by atoms with Gasteiger partial charge < -0.3 is 23.7 Å². The van der Waals surface area contributed by atoms with E-state index < -0.39 is 53.7 Å². The molecule has 1 fully saturated rings. The number of benzene rings is 1. The number of rotatable bonds is 6. The molecule has 164 valence electrons. The molecule has 0 N–H and O–H groups in total. The maximum absolute atomic E-state index is 12.4. The molecule has 0 aromatic heterocycles. The van der Waals surface area contributed by atoms with Gasteiger partial charge in [-0.15, -0.1) is 0 Å². The van der Waals surface area contributed by atoms with Crippen LogP contribution in [-0.4, -0.2) is 60.8 Å². The van der Waals surface area contributed by atoms with Gasteiger partial charge in [0.25, 0.3) is 0 Å². The summed E-state index contributed by atoms with van der Waals surface area (Å²) in [5.74, 6) is -2.93. The maximum Gasteiger partial charge on any atom is 0.339 e. The predicted octanol–water partition coefficient (Wildman–Crippen LogP) is 1.78. The average Bonchev–Trinajstić information content (AvgIpc) is 2.66. The number of carbonyl (C=O) groups excluding carboxylic acids is 4. The van der Waals surface area contributed by atoms with Crippen molar-refractivity contribution >= 4 is 35.6 Å². The number of esters is 4. The Morgan fingerprint density at radius 3 is 1.83 bits per heavy atom. The standard InChI is InChI=1S/C20H24O9S/c1-10-6-8-14(9-7-10)30-20-18(28-13(4)23)16(27-12(3)22)15(26-11(2)21)17(29-20)19(24)25-5/h6-9,15-18,20H,1-5H3. The van der Waals surface area contributed by atoms with Crippen LogP contribution in [0.2, 0.25) is 0 Å². The first-order valence-electron chi connectivity index (χ1n) is 9.10. The SMILES string of the molecule is COC(=O)C1OC(Sc2ccc(C)cc2)C(OC(C)=O)C(OC(C)=O)C1OC(C)=O. The van der Waals surface area contributed by atoms with Crippen molar-refractivity contribution in [3.05, 3.63) is 29.8 Å². The minimum atomic E-state index is -1.39. The van der Waals surface area contributed by atoms with Gasteiger partial charge in [-0.3, -0.25) is 14.4 Å². The third kappa shape index (κ3) is 6.20. The lowest BCUT2D eigenvalue weighted by Crippen LogP contribution is -2.62. The monoisotopic (exact) mass is 440 g/mol. The van der Waals surface area contributed by atoms with Crippen LogP contribution in [0.4, 0.5) is 0 Å². The Balaban J connectivity index is 2.47. The molecule has 5 unspecified atom stereocenters. The van der Waals surface area contributed by atoms with Gasteiger partial charge in [0, 0.05) is 25.7 Å². The van der Waals surface area contributed by atoms with Gasteiger partial charge in [-0.05, 0) is 19.1 Å². The second-order valence-electron chi connectivity index (χ2n) is 6.60. The molecule has 10 heteroatoms. The van der Waals surface area contributed by atoms with E-state index in [0.717, 1.165) is 31.4 Å². The number of aryl methyl sites for hydroxylation is 1. The normalized spacial score (nSPS) is 25.7. The summed E-state index contributed by atoms with van der Waals surface area (Å²) in [4.78, 5) is 48.3. The van der Waals surface area contributed by atoms with E-state index in [2.05, 4.69) is 0 Å². The van der Waals surface area contributed by atoms with Crippen molar-refractivity contribution in [3.63, 3.8) is 0 Å². The smallest absolute Gasteiger partial charge is 0.339 e. The Labute approximate surface area is 178 Å². The fraction of sp³-hybridized carbons (Fsp3) is 0.500. The number of methoxy groups -OCH3 is 1. The van der Waals surface area contributed by atoms with E-state index in [4.69, 9.17) is 23.7 Å². The van der Waals surface area contributed by atoms with E-state index in [9.17, 15) is 19.2 Å². The predicted molar refractivity (Wildman–Crippen MR) is 104 cm³/mol. The summed E-state index contributed by atoms with van der Waals surface area (Å²) in [6.45, 7) is 5.40. The van der Waals surface area contributed by atoms with E-state index in [0.29, 0.717) is 0 Å². The lowest BCUT2D eigenvalue weighted by molar-refractivity contribution is -0.235. The lowest BCUT2D eigenvalue weighted by atomic mass is 9.99. The first kappa shape index (κ1) is 23.7. The molecule has 1 saturated heterocycles. The van der Waals surface area contributed by atoms with Crippen LogP contribution in [0.1, 0.15) is 26.3 Å². The molecule has 2 rings (SSSR count). The molecule has 9 nitrogen and oxygen atoms in total. The summed E-state index contributed by atoms with van der Waals surface area (Å²) < 4.78 is 26.6. The molecule has 1 aliphatic rings. The lowest BCUT2D eigenvalue weighted by Gasteiger charge is -2.43. The summed E-state index contributed by atoms with van der Waals surface area (Å²) in [6, 6.07) is 7.44. The van der Waals surface area contributed by atoms with Crippen LogP contribution in [0.15, 0.2) is 29.2 Å². The summed E-state index contributed by atoms with van der Waals surface area (Å²) in [5, 5.41) is 0. The highest BCUT2D eigenvalue weighted by molar-refractivity contribution is 7.99. The molecule has 0 saturated carbocycles. The Morgan fingerprint density at radius 2 is 1.33 bits per heavy atom. The highest BCUT2D eigenvalue weighted by Crippen LogP contribution is 2.37. The number of hydrogen-bond donors (Lipinski definition) is 0. The van der Waals surface area contributed by atoms with Crippen LogP contribution in [0.25, 0.3) is 0 Å². The Kier molecular flexibility index (Phi) is 8.24. The molecule has 0 aliphatic carbocycles. The second kappa shape index (κ2) is 10.4. The summed E-state index contributed by atoms with van der Waals surface area (Å²) >= 11 is 1.17. The molecular weight excluding hydrogens is 416 g/mol. The van der Waals surface area contributed by atoms with Crippen LogP contribution < -0.4 is 0 Å². The molecule has 1 heterocycles. The first-order valence-corrected chi connectivity index (χ1v) is 9.98. The van der Waals surface area contributed by atoms with E-state index in [1.54, 1.807) is 0 Å². The van der Waals surface area contributed by atoms with Crippen molar-refractivity contribution in [2.75, 3.05) is 7.11 Å². The molecular formula is C20H24O9S. The average molecular weight is 440 g/mol. The Hall–Kier alpha value is -2.59. The molecule has 0 spiro atoms. The number of hydrogen-bond acceptors (Lipinski definition) is 10. The molecule has 0 radical (unpaired) electrons. The van der Waals surface area contributed by atoms with E-state index >= 15 is 0 Å². The van der Waals surface area contributed by atoms with Gasteiger partial charge in [0.1, 0.15) is 5.44 Å². The van der Waals surface area contributed by atoms with Crippen LogP contribution >= 0.6 is 11.8 Å². The van der Waals surface area contributed by atoms with Crippen LogP contribution in [0.5, 0.6) is 0 Å². The zero-order valence-electron chi connectivity index (χ0n) is 17.3. The molecule has 0 amide bonds. The van der Waals surface area contributed by atoms with Gasteiger partial charge in [0.2, 0.25) is 0 Å². The summed E-state index contributed by atoms with van der Waals surface area (Å²) in [7, 11) is 1.15. The highest BCUT2D eigenvalue weighted by atomic mass is 32.2. The Bertz CT molecular complexity index is 792. The van der Waals surface area contributed by atoms with Crippen LogP contribution in [0, 0.1) is 6.92 Å². The fourth-order valence-electron chi connectivity index (χ4n) is 2.93. The molecule has 1 aromatic carbocycles. The van der Waals surface area contributed by atoms with Crippen molar-refractivity contribution in [2.45, 2.75) is 62.4 Å². The molecule has 1 aliphatic heterocycles. The fourth-order valence-corrected chi connectivity index (χ4v) is 4.01. The zero-order valence-corrected chi connectivity index (χ0v) is 18.1. The van der Waals surface area contributed by atoms with Crippen molar-refractivity contribution < 1.29 is 42.9 Å². The summed E-state index contributed by atoms with van der Waals surface area (Å²) in [5.41, 5.74) is 0.0949. The van der Waals surface area contributed by atoms with Gasteiger partial charge in [-0.1, -0.05) is 29.5 Å². The van der Waals surface area contributed by atoms with Crippen molar-refractivity contribution in [3.8, 4) is 0 Å². The highest BCUT2D eigenvalue weighted by Gasteiger charge is 2.54. The maximum atomic E-state index is 12.4. The molecule has 5 atom stereocenters. The van der Waals surface area contributed by atoms with Gasteiger partial charge >= 0.3 is 23.9 Å². The zero-order chi connectivity index (χ0) is 22.4. The van der Waals surface area contributed by atoms with Gasteiger partial charge in [0.15, 0.2) is 24.4 Å². The van der Waals surface area contributed by atoms with Gasteiger partial charge in [0.05, 0.1) is 7.11 Å². The quantitative estimate of drug-likeness (QED) is 0.479. The van der Waals surface area contributed by atoms with Crippen molar-refractivity contribution in [2.24, 2.45) is 0 Å². The van der Waals surface area contributed by atoms with Gasteiger partial charge in [-0.2, -0.15) is 0 Å². The summed E-state index contributed by atoms with van der Waals surface area (Å²) in [6.07, 6.45) is -5.19. The number of ether oxygens (including phenoxy) is 5. The van der Waals surface area contributed by atoms with E-state index in [1.807, 2.05) is 31.2 Å².